The predicted molar refractivity (Wildman–Crippen MR) is 104 cm³/mol. The van der Waals surface area contributed by atoms with E-state index in [1.54, 1.807) is 18.3 Å². The van der Waals surface area contributed by atoms with E-state index in [-0.39, 0.29) is 5.41 Å². The van der Waals surface area contributed by atoms with Gasteiger partial charge in [-0.1, -0.05) is 48.9 Å². The molecule has 136 valence electrons. The lowest BCUT2D eigenvalue weighted by molar-refractivity contribution is 0.432. The maximum Gasteiger partial charge on any atom is 0.263 e. The number of hydrogen-bond acceptors (Lipinski definition) is 2. The highest BCUT2D eigenvalue weighted by atomic mass is 32.2. The van der Waals surface area contributed by atoms with E-state index < -0.39 is 10.0 Å². The Morgan fingerprint density at radius 1 is 1.00 bits per heavy atom. The average molecular weight is 368 g/mol. The zero-order valence-corrected chi connectivity index (χ0v) is 16.5. The monoisotopic (exact) mass is 367 g/mol. The molecule has 0 N–H and O–H groups in total. The fourth-order valence-electron chi connectivity index (χ4n) is 4.51. The molecule has 0 amide bonds. The molecule has 1 aliphatic carbocycles. The predicted octanol–water partition coefficient (Wildman–Crippen LogP) is 4.55. The van der Waals surface area contributed by atoms with Crippen molar-refractivity contribution in [2.24, 2.45) is 11.3 Å². The van der Waals surface area contributed by atoms with Gasteiger partial charge in [0.15, 0.2) is 0 Å². The van der Waals surface area contributed by atoms with Crippen LogP contribution in [0.3, 0.4) is 0 Å². The lowest BCUT2D eigenvalue weighted by Crippen LogP contribution is -2.31. The molecule has 26 heavy (non-hydrogen) atoms. The van der Waals surface area contributed by atoms with Crippen molar-refractivity contribution in [1.82, 2.24) is 4.31 Å². The Bertz CT molecular complexity index is 971. The molecule has 2 aliphatic rings. The van der Waals surface area contributed by atoms with E-state index in [0.717, 1.165) is 5.56 Å². The number of rotatable bonds is 3. The second-order valence-electron chi connectivity index (χ2n) is 7.96. The molecule has 1 fully saturated rings. The fraction of sp³-hybridized carbons (Fsp3) is 0.364. The smallest absolute Gasteiger partial charge is 0.263 e. The van der Waals surface area contributed by atoms with Crippen LogP contribution in [0.25, 0.3) is 0 Å². The van der Waals surface area contributed by atoms with Gasteiger partial charge in [-0.15, -0.1) is 0 Å². The van der Waals surface area contributed by atoms with Gasteiger partial charge < -0.3 is 0 Å². The highest BCUT2D eigenvalue weighted by molar-refractivity contribution is 7.89. The summed E-state index contributed by atoms with van der Waals surface area (Å²) in [6.45, 7) is 9.06. The third-order valence-corrected chi connectivity index (χ3v) is 7.98. The Morgan fingerprint density at radius 3 is 2.23 bits per heavy atom. The number of allylic oxidation sites excluding steroid dienone is 1. The molecule has 1 aliphatic heterocycles. The molecule has 0 saturated heterocycles. The van der Waals surface area contributed by atoms with Crippen LogP contribution in [0.15, 0.2) is 59.6 Å². The van der Waals surface area contributed by atoms with E-state index in [2.05, 4.69) is 45.0 Å². The van der Waals surface area contributed by atoms with Crippen molar-refractivity contribution in [3.05, 3.63) is 77.0 Å². The number of nitrogens with zero attached hydrogens (tertiary/aromatic N) is 1. The summed E-state index contributed by atoms with van der Waals surface area (Å²) >= 11 is 0. The van der Waals surface area contributed by atoms with Crippen LogP contribution in [0.1, 0.15) is 35.1 Å². The van der Waals surface area contributed by atoms with Crippen molar-refractivity contribution in [3.63, 3.8) is 0 Å². The Labute approximate surface area is 156 Å². The van der Waals surface area contributed by atoms with Crippen molar-refractivity contribution in [2.75, 3.05) is 6.54 Å². The second-order valence-corrected chi connectivity index (χ2v) is 9.85. The minimum Gasteiger partial charge on any atom is -0.273 e. The zero-order valence-electron chi connectivity index (χ0n) is 15.7. The number of fused-ring (bicyclic) bond motifs is 1. The molecule has 0 unspecified atom stereocenters. The SMILES string of the molecule is Cc1ccc(S(=O)(=O)N2C=C[C@@]3(C)[C@@H](C2)[C@@H]3c2c(C)cccc2C)cc1. The molecule has 3 nitrogen and oxygen atoms in total. The largest absolute Gasteiger partial charge is 0.273 e. The molecule has 3 atom stereocenters. The second kappa shape index (κ2) is 5.71. The molecule has 4 heteroatoms. The van der Waals surface area contributed by atoms with Gasteiger partial charge in [-0.3, -0.25) is 4.31 Å². The van der Waals surface area contributed by atoms with E-state index in [1.165, 1.54) is 21.0 Å². The molecule has 2 aromatic rings. The normalized spacial score (nSPS) is 27.3. The van der Waals surface area contributed by atoms with Gasteiger partial charge in [0.2, 0.25) is 0 Å². The van der Waals surface area contributed by atoms with Crippen molar-refractivity contribution < 1.29 is 8.42 Å². The van der Waals surface area contributed by atoms with E-state index >= 15 is 0 Å². The summed E-state index contributed by atoms with van der Waals surface area (Å²) in [5, 5.41) is 0. The molecule has 4 rings (SSSR count). The van der Waals surface area contributed by atoms with Crippen LogP contribution in [-0.4, -0.2) is 19.3 Å². The van der Waals surface area contributed by atoms with E-state index in [4.69, 9.17) is 0 Å². The maximum absolute atomic E-state index is 13.0. The maximum atomic E-state index is 13.0. The molecule has 2 aromatic carbocycles. The van der Waals surface area contributed by atoms with Crippen molar-refractivity contribution in [1.29, 1.82) is 0 Å². The highest BCUT2D eigenvalue weighted by Gasteiger charge is 2.63. The summed E-state index contributed by atoms with van der Waals surface area (Å²) in [6.07, 6.45) is 3.88. The van der Waals surface area contributed by atoms with E-state index in [9.17, 15) is 8.42 Å². The quantitative estimate of drug-likeness (QED) is 0.798. The van der Waals surface area contributed by atoms with Crippen LogP contribution < -0.4 is 0 Å². The minimum atomic E-state index is -3.49. The zero-order chi connectivity index (χ0) is 18.7. The molecule has 0 bridgehead atoms. The van der Waals surface area contributed by atoms with Crippen molar-refractivity contribution in [2.45, 2.75) is 38.5 Å². The van der Waals surface area contributed by atoms with E-state index in [0.29, 0.717) is 23.3 Å². The van der Waals surface area contributed by atoms with Gasteiger partial charge in [-0.25, -0.2) is 8.42 Å². The number of benzene rings is 2. The summed E-state index contributed by atoms with van der Waals surface area (Å²) in [5.41, 5.74) is 5.09. The molecule has 0 spiro atoms. The van der Waals surface area contributed by atoms with Crippen molar-refractivity contribution >= 4 is 10.0 Å². The number of sulfonamides is 1. The lowest BCUT2D eigenvalue weighted by Gasteiger charge is -2.25. The highest BCUT2D eigenvalue weighted by Crippen LogP contribution is 2.68. The summed E-state index contributed by atoms with van der Waals surface area (Å²) in [5.74, 6) is 0.714. The average Bonchev–Trinajstić information content (AvgIpc) is 3.19. The first kappa shape index (κ1) is 17.3. The number of aryl methyl sites for hydroxylation is 3. The Hall–Kier alpha value is -2.07. The van der Waals surface area contributed by atoms with Gasteiger partial charge in [0.1, 0.15) is 0 Å². The molecule has 1 saturated carbocycles. The molecular weight excluding hydrogens is 342 g/mol. The number of hydrogen-bond donors (Lipinski definition) is 0. The van der Waals surface area contributed by atoms with Crippen LogP contribution in [-0.2, 0) is 10.0 Å². The van der Waals surface area contributed by atoms with Gasteiger partial charge >= 0.3 is 0 Å². The Morgan fingerprint density at radius 2 is 1.62 bits per heavy atom. The minimum absolute atomic E-state index is 0.0518. The molecule has 0 aromatic heterocycles. The molecule has 1 heterocycles. The summed E-state index contributed by atoms with van der Waals surface area (Å²) in [4.78, 5) is 0.362. The van der Waals surface area contributed by atoms with Gasteiger partial charge in [0.05, 0.1) is 4.90 Å². The lowest BCUT2D eigenvalue weighted by atomic mass is 9.94. The Kier molecular flexibility index (Phi) is 3.81. The van der Waals surface area contributed by atoms with Crippen molar-refractivity contribution in [3.8, 4) is 0 Å². The topological polar surface area (TPSA) is 37.4 Å². The summed E-state index contributed by atoms with van der Waals surface area (Å²) in [7, 11) is -3.49. The van der Waals surface area contributed by atoms with Gasteiger partial charge in [0, 0.05) is 12.7 Å². The Balaban J connectivity index is 1.65. The first-order valence-corrected chi connectivity index (χ1v) is 10.5. The van der Waals surface area contributed by atoms with Crippen LogP contribution in [0.4, 0.5) is 0 Å². The third-order valence-electron chi connectivity index (χ3n) is 6.22. The summed E-state index contributed by atoms with van der Waals surface area (Å²) in [6, 6.07) is 13.5. The van der Waals surface area contributed by atoms with Crippen LogP contribution in [0, 0.1) is 32.1 Å². The summed E-state index contributed by atoms with van der Waals surface area (Å²) < 4.78 is 27.6. The standard InChI is InChI=1S/C22H25NO2S/c1-15-8-10-18(11-9-15)26(24,25)23-13-12-22(4)19(14-23)21(22)20-16(2)6-5-7-17(20)3/h5-13,19,21H,14H2,1-4H3/t19-,21+,22-/m0/s1. The van der Waals surface area contributed by atoms with Gasteiger partial charge in [0.25, 0.3) is 10.0 Å². The van der Waals surface area contributed by atoms with Crippen LogP contribution in [0.5, 0.6) is 0 Å². The fourth-order valence-corrected chi connectivity index (χ4v) is 5.83. The molecule has 0 radical (unpaired) electrons. The van der Waals surface area contributed by atoms with E-state index in [1.807, 2.05) is 19.1 Å². The van der Waals surface area contributed by atoms with Crippen LogP contribution in [0.2, 0.25) is 0 Å². The first-order chi connectivity index (χ1) is 12.2. The van der Waals surface area contributed by atoms with Gasteiger partial charge in [-0.2, -0.15) is 0 Å². The van der Waals surface area contributed by atoms with Gasteiger partial charge in [-0.05, 0) is 66.8 Å². The van der Waals surface area contributed by atoms with Crippen LogP contribution >= 0.6 is 0 Å². The molecular formula is C22H25NO2S. The third kappa shape index (κ3) is 2.50. The first-order valence-electron chi connectivity index (χ1n) is 9.09.